The van der Waals surface area contributed by atoms with Gasteiger partial charge in [0.2, 0.25) is 5.13 Å². The quantitative estimate of drug-likeness (QED) is 0.846. The Morgan fingerprint density at radius 3 is 2.89 bits per heavy atom. The average Bonchev–Trinajstić information content (AvgIpc) is 2.87. The number of hydrogen-bond donors (Lipinski definition) is 2. The number of hydrogen-bond acceptors (Lipinski definition) is 7. The van der Waals surface area contributed by atoms with E-state index in [1.54, 1.807) is 6.07 Å². The topological polar surface area (TPSA) is 84.0 Å². The Balaban J connectivity index is 1.69. The van der Waals surface area contributed by atoms with Crippen LogP contribution in [0.15, 0.2) is 21.2 Å². The van der Waals surface area contributed by atoms with E-state index in [0.717, 1.165) is 23.4 Å². The monoisotopic (exact) mass is 316 g/mol. The van der Waals surface area contributed by atoms with Crippen molar-refractivity contribution in [3.8, 4) is 0 Å². The summed E-state index contributed by atoms with van der Waals surface area (Å²) in [6, 6.07) is 2.31. The van der Waals surface area contributed by atoms with Crippen molar-refractivity contribution >= 4 is 37.8 Å². The van der Waals surface area contributed by atoms with Gasteiger partial charge in [-0.15, -0.1) is 21.5 Å². The Morgan fingerprint density at radius 2 is 2.21 bits per heavy atom. The van der Waals surface area contributed by atoms with Gasteiger partial charge in [0.05, 0.1) is 0 Å². The number of anilines is 1. The molecular weight excluding hydrogens is 304 g/mol. The van der Waals surface area contributed by atoms with Crippen molar-refractivity contribution in [3.63, 3.8) is 0 Å². The van der Waals surface area contributed by atoms with E-state index in [4.69, 9.17) is 0 Å². The van der Waals surface area contributed by atoms with Crippen molar-refractivity contribution in [2.75, 3.05) is 4.72 Å². The second kappa shape index (κ2) is 5.16. The minimum atomic E-state index is -3.54. The molecule has 1 fully saturated rings. The number of nitrogens with one attached hydrogen (secondary N) is 2. The van der Waals surface area contributed by atoms with Crippen LogP contribution in [0.4, 0.5) is 5.13 Å². The summed E-state index contributed by atoms with van der Waals surface area (Å²) < 4.78 is 26.9. The van der Waals surface area contributed by atoms with Crippen LogP contribution in [0.25, 0.3) is 0 Å². The highest BCUT2D eigenvalue weighted by atomic mass is 32.2. The van der Waals surface area contributed by atoms with Crippen LogP contribution in [0.1, 0.15) is 18.4 Å². The predicted octanol–water partition coefficient (Wildman–Crippen LogP) is 1.65. The summed E-state index contributed by atoms with van der Waals surface area (Å²) in [5.41, 5.74) is 2.48. The third-order valence-corrected chi connectivity index (χ3v) is 6.21. The molecule has 2 N–H and O–H groups in total. The van der Waals surface area contributed by atoms with E-state index in [1.807, 2.05) is 5.38 Å². The second-order valence-corrected chi connectivity index (χ2v) is 7.93. The van der Waals surface area contributed by atoms with E-state index in [-0.39, 0.29) is 5.13 Å². The molecule has 3 rings (SSSR count). The van der Waals surface area contributed by atoms with Crippen LogP contribution in [0.5, 0.6) is 0 Å². The van der Waals surface area contributed by atoms with Crippen molar-refractivity contribution in [3.05, 3.63) is 22.5 Å². The normalized spacial score (nSPS) is 15.6. The Hall–Kier alpha value is -1.03. The van der Waals surface area contributed by atoms with Crippen LogP contribution < -0.4 is 10.0 Å². The van der Waals surface area contributed by atoms with Crippen molar-refractivity contribution in [1.29, 1.82) is 0 Å². The van der Waals surface area contributed by atoms with Crippen LogP contribution in [0.2, 0.25) is 0 Å². The molecule has 2 aromatic heterocycles. The lowest BCUT2D eigenvalue weighted by Gasteiger charge is -2.01. The van der Waals surface area contributed by atoms with Crippen molar-refractivity contribution in [2.24, 2.45) is 0 Å². The van der Waals surface area contributed by atoms with Gasteiger partial charge in [-0.25, -0.2) is 8.42 Å². The highest BCUT2D eigenvalue weighted by Gasteiger charge is 2.21. The van der Waals surface area contributed by atoms with Gasteiger partial charge < -0.3 is 5.32 Å². The molecule has 9 heteroatoms. The zero-order valence-corrected chi connectivity index (χ0v) is 12.3. The van der Waals surface area contributed by atoms with Gasteiger partial charge in [0.1, 0.15) is 9.72 Å². The van der Waals surface area contributed by atoms with E-state index in [9.17, 15) is 8.42 Å². The first kappa shape index (κ1) is 13.0. The Bertz CT molecular complexity index is 646. The molecule has 0 aliphatic heterocycles. The maximum atomic E-state index is 12.1. The van der Waals surface area contributed by atoms with E-state index < -0.39 is 10.0 Å². The minimum absolute atomic E-state index is 0.283. The lowest BCUT2D eigenvalue weighted by molar-refractivity contribution is 0.603. The van der Waals surface area contributed by atoms with Gasteiger partial charge in [0.25, 0.3) is 10.0 Å². The molecule has 2 heterocycles. The van der Waals surface area contributed by atoms with E-state index in [0.29, 0.717) is 10.3 Å². The van der Waals surface area contributed by atoms with Crippen LogP contribution in [-0.4, -0.2) is 24.7 Å². The first-order valence-corrected chi connectivity index (χ1v) is 8.97. The second-order valence-electron chi connectivity index (χ2n) is 4.28. The molecule has 1 aliphatic rings. The highest BCUT2D eigenvalue weighted by molar-refractivity contribution is 7.94. The van der Waals surface area contributed by atoms with Gasteiger partial charge in [0, 0.05) is 12.6 Å². The summed E-state index contributed by atoms with van der Waals surface area (Å²) in [5.74, 6) is 0. The summed E-state index contributed by atoms with van der Waals surface area (Å²) in [7, 11) is -3.54. The van der Waals surface area contributed by atoms with Gasteiger partial charge in [-0.05, 0) is 29.9 Å². The molecule has 1 saturated carbocycles. The lowest BCUT2D eigenvalue weighted by Crippen LogP contribution is -2.15. The Labute approximate surface area is 118 Å². The molecule has 0 bridgehead atoms. The number of rotatable bonds is 6. The summed E-state index contributed by atoms with van der Waals surface area (Å²) in [6.45, 7) is 0.718. The van der Waals surface area contributed by atoms with Crippen molar-refractivity contribution in [2.45, 2.75) is 29.6 Å². The number of nitrogens with zero attached hydrogens (tertiary/aromatic N) is 2. The fraction of sp³-hybridized carbons (Fsp3) is 0.400. The van der Waals surface area contributed by atoms with Crippen LogP contribution in [-0.2, 0) is 16.6 Å². The molecule has 1 aliphatic carbocycles. The van der Waals surface area contributed by atoms with Crippen molar-refractivity contribution in [1.82, 2.24) is 15.5 Å². The third kappa shape index (κ3) is 3.30. The molecule has 0 amide bonds. The number of thiophene rings is 1. The van der Waals surface area contributed by atoms with Gasteiger partial charge in [-0.2, -0.15) is 0 Å². The first-order valence-electron chi connectivity index (χ1n) is 5.73. The average molecular weight is 316 g/mol. The minimum Gasteiger partial charge on any atom is -0.310 e. The van der Waals surface area contributed by atoms with Gasteiger partial charge in [0.15, 0.2) is 0 Å². The third-order valence-electron chi connectivity index (χ3n) is 2.65. The van der Waals surface area contributed by atoms with Gasteiger partial charge >= 0.3 is 0 Å². The molecule has 0 unspecified atom stereocenters. The molecule has 0 radical (unpaired) electrons. The van der Waals surface area contributed by atoms with E-state index >= 15 is 0 Å². The molecule has 0 spiro atoms. The molecule has 19 heavy (non-hydrogen) atoms. The number of sulfonamides is 1. The summed E-state index contributed by atoms with van der Waals surface area (Å²) in [5, 5.41) is 12.8. The standard InChI is InChI=1S/C10H12N4O2S3/c15-19(16,14-10-13-12-6-18-10)9-3-7(5-17-9)4-11-8-1-2-8/h3,5-6,8,11H,1-2,4H2,(H,13,14). The fourth-order valence-corrected chi connectivity index (χ4v) is 4.42. The largest absolute Gasteiger partial charge is 0.310 e. The van der Waals surface area contributed by atoms with Crippen LogP contribution in [0, 0.1) is 0 Å². The zero-order chi connectivity index (χ0) is 13.3. The van der Waals surface area contributed by atoms with E-state index in [1.165, 1.54) is 29.7 Å². The summed E-state index contributed by atoms with van der Waals surface area (Å²) >= 11 is 2.37. The smallest absolute Gasteiger partial charge is 0.273 e. The molecule has 0 atom stereocenters. The molecule has 6 nitrogen and oxygen atoms in total. The fourth-order valence-electron chi connectivity index (χ4n) is 1.52. The van der Waals surface area contributed by atoms with Crippen LogP contribution in [0.3, 0.4) is 0 Å². The maximum absolute atomic E-state index is 12.1. The Kier molecular flexibility index (Phi) is 3.52. The highest BCUT2D eigenvalue weighted by Crippen LogP contribution is 2.25. The summed E-state index contributed by atoms with van der Waals surface area (Å²) in [4.78, 5) is 0. The molecular formula is C10H12N4O2S3. The molecule has 102 valence electrons. The van der Waals surface area contributed by atoms with Gasteiger partial charge in [-0.3, -0.25) is 4.72 Å². The molecule has 2 aromatic rings. The predicted molar refractivity (Wildman–Crippen MR) is 74.9 cm³/mol. The van der Waals surface area contributed by atoms with E-state index in [2.05, 4.69) is 20.2 Å². The zero-order valence-electron chi connectivity index (χ0n) is 9.87. The summed E-state index contributed by atoms with van der Waals surface area (Å²) in [6.07, 6.45) is 2.43. The first-order chi connectivity index (χ1) is 9.13. The Morgan fingerprint density at radius 1 is 1.37 bits per heavy atom. The maximum Gasteiger partial charge on any atom is 0.273 e. The van der Waals surface area contributed by atoms with Gasteiger partial charge in [-0.1, -0.05) is 11.3 Å². The molecule has 0 saturated heterocycles. The number of aromatic nitrogens is 2. The lowest BCUT2D eigenvalue weighted by atomic mass is 10.3. The van der Waals surface area contributed by atoms with Crippen LogP contribution >= 0.6 is 22.7 Å². The SMILES string of the molecule is O=S(=O)(Nc1nncs1)c1cc(CNC2CC2)cs1. The molecule has 0 aromatic carbocycles. The van der Waals surface area contributed by atoms with Crippen molar-refractivity contribution < 1.29 is 8.42 Å².